The number of thiophene rings is 1. The highest BCUT2D eigenvalue weighted by molar-refractivity contribution is 7.25. The summed E-state index contributed by atoms with van der Waals surface area (Å²) >= 11 is 1.84. The molecule has 0 amide bonds. The van der Waals surface area contributed by atoms with E-state index in [1.165, 1.54) is 144 Å². The average molecular weight is 1780 g/mol. The Balaban J connectivity index is 0.000000100. The van der Waals surface area contributed by atoms with E-state index in [4.69, 9.17) is 29.9 Å². The zero-order valence-corrected chi connectivity index (χ0v) is 74.9. The van der Waals surface area contributed by atoms with Gasteiger partial charge in [-0.05, 0) is 174 Å². The molecule has 0 atom stereocenters. The Kier molecular flexibility index (Phi) is 17.1. The topological polar surface area (TPSA) is 113 Å². The molecule has 0 bridgehead atoms. The molecule has 0 unspecified atom stereocenters. The van der Waals surface area contributed by atoms with E-state index in [0.29, 0.717) is 17.8 Å². The van der Waals surface area contributed by atoms with Crippen LogP contribution in [0.5, 0.6) is 0 Å². The van der Waals surface area contributed by atoms with Crippen molar-refractivity contribution in [3.8, 4) is 57.3 Å². The second-order valence-corrected chi connectivity index (χ2v) is 37.0. The van der Waals surface area contributed by atoms with Crippen molar-refractivity contribution in [3.63, 3.8) is 0 Å². The van der Waals surface area contributed by atoms with Gasteiger partial charge in [0.25, 0.3) is 0 Å². The Morgan fingerprint density at radius 1 is 0.174 bits per heavy atom. The third kappa shape index (κ3) is 11.9. The molecule has 22 aromatic carbocycles. The molecule has 0 radical (unpaired) electrons. The summed E-state index contributed by atoms with van der Waals surface area (Å²) < 4.78 is 11.7. The Morgan fingerprint density at radius 2 is 0.478 bits per heavy atom. The smallest absolute Gasteiger partial charge is 0.235 e. The van der Waals surface area contributed by atoms with Crippen molar-refractivity contribution in [3.05, 3.63) is 449 Å². The van der Waals surface area contributed by atoms with Crippen molar-refractivity contribution in [2.24, 2.45) is 0 Å². The minimum absolute atomic E-state index is 0.660. The number of nitrogens with one attached hydrogen (secondary N) is 1. The second-order valence-electron chi connectivity index (χ2n) is 35.9. The van der Waals surface area contributed by atoms with Gasteiger partial charge in [0.2, 0.25) is 17.8 Å². The molecule has 11 nitrogen and oxygen atoms in total. The molecule has 31 aromatic rings. The van der Waals surface area contributed by atoms with Gasteiger partial charge < -0.3 is 9.55 Å². The summed E-state index contributed by atoms with van der Waals surface area (Å²) in [6, 6.07) is 160. The van der Waals surface area contributed by atoms with E-state index >= 15 is 0 Å². The highest BCUT2D eigenvalue weighted by atomic mass is 32.1. The van der Waals surface area contributed by atoms with Crippen molar-refractivity contribution >= 4 is 238 Å². The zero-order valence-electron chi connectivity index (χ0n) is 74.1. The monoisotopic (exact) mass is 1770 g/mol. The molecule has 1 N–H and O–H groups in total. The molecule has 640 valence electrons. The first-order valence-electron chi connectivity index (χ1n) is 46.8. The SMILES string of the molecule is c1ccc(-n2c3ccccc3c3ccc(-c4nc(-n5c6ccc7ccccc7c6c6c7ccccc7ccc65)nc5ccccc45)cc32)cc1.c1ccc2c(c1)ccc1c2c2c3ccccc3ccc2n1-c1nc(-c2ccc3c(c2)[nH]c2ccccc23)c2ccccc2n1.c1ccc2c(c1)ccc1c2c2c3ccccc3ccc2n1-c1nc(-c2ccc3sc4ccccc4c3c2)c2ccccc2n1. The summed E-state index contributed by atoms with van der Waals surface area (Å²) in [4.78, 5) is 35.6. The molecular formula is C126H75N11S. The largest absolute Gasteiger partial charge is 0.354 e. The Morgan fingerprint density at radius 3 is 0.906 bits per heavy atom. The van der Waals surface area contributed by atoms with Gasteiger partial charge in [-0.2, -0.15) is 0 Å². The van der Waals surface area contributed by atoms with Gasteiger partial charge in [0.1, 0.15) is 0 Å². The van der Waals surface area contributed by atoms with Crippen molar-refractivity contribution in [1.29, 1.82) is 0 Å². The quantitative estimate of drug-likeness (QED) is 0.170. The normalized spacial score (nSPS) is 12.1. The van der Waals surface area contributed by atoms with Crippen LogP contribution in [-0.2, 0) is 0 Å². The third-order valence-corrected chi connectivity index (χ3v) is 29.6. The lowest BCUT2D eigenvalue weighted by molar-refractivity contribution is 1.01. The van der Waals surface area contributed by atoms with E-state index in [-0.39, 0.29) is 0 Å². The Bertz CT molecular complexity index is 10300. The first-order valence-corrected chi connectivity index (χ1v) is 47.6. The van der Waals surface area contributed by atoms with E-state index < -0.39 is 0 Å². The molecule has 0 aliphatic rings. The highest BCUT2D eigenvalue weighted by Gasteiger charge is 2.27. The van der Waals surface area contributed by atoms with Gasteiger partial charge >= 0.3 is 0 Å². The van der Waals surface area contributed by atoms with Crippen LogP contribution >= 0.6 is 11.3 Å². The molecule has 0 fully saturated rings. The number of benzene rings is 22. The third-order valence-electron chi connectivity index (χ3n) is 28.4. The van der Waals surface area contributed by atoms with Crippen LogP contribution in [-0.4, -0.2) is 53.2 Å². The van der Waals surface area contributed by atoms with Crippen LogP contribution < -0.4 is 0 Å². The summed E-state index contributed by atoms with van der Waals surface area (Å²) in [6.45, 7) is 0. The first kappa shape index (κ1) is 77.3. The molecule has 9 heterocycles. The van der Waals surface area contributed by atoms with E-state index in [1.54, 1.807) is 0 Å². The van der Waals surface area contributed by atoms with Crippen molar-refractivity contribution < 1.29 is 0 Å². The Hall–Kier alpha value is -18.4. The number of rotatable bonds is 7. The van der Waals surface area contributed by atoms with Crippen LogP contribution in [0.25, 0.3) is 284 Å². The van der Waals surface area contributed by atoms with Crippen LogP contribution in [0.1, 0.15) is 0 Å². The van der Waals surface area contributed by atoms with Crippen LogP contribution in [0.2, 0.25) is 0 Å². The van der Waals surface area contributed by atoms with Gasteiger partial charge in [0, 0.05) is 124 Å². The molecule has 0 aliphatic heterocycles. The van der Waals surface area contributed by atoms with E-state index in [2.05, 4.69) is 472 Å². The van der Waals surface area contributed by atoms with E-state index in [1.807, 2.05) is 11.3 Å². The van der Waals surface area contributed by atoms with Gasteiger partial charge in [-0.1, -0.05) is 340 Å². The molecule has 9 aromatic heterocycles. The van der Waals surface area contributed by atoms with Crippen LogP contribution in [0.4, 0.5) is 0 Å². The number of aromatic amines is 1. The molecule has 0 spiro atoms. The molecular weight excluding hydrogens is 1700 g/mol. The average Bonchev–Trinajstić information content (AvgIpc) is 1.56. The van der Waals surface area contributed by atoms with Gasteiger partial charge in [0.15, 0.2) is 0 Å². The number of H-pyrrole nitrogens is 1. The second kappa shape index (κ2) is 30.6. The lowest BCUT2D eigenvalue weighted by Gasteiger charge is -2.13. The summed E-state index contributed by atoms with van der Waals surface area (Å²) in [7, 11) is 0. The molecule has 0 saturated heterocycles. The first-order chi connectivity index (χ1) is 68.4. The number of hydrogen-bond acceptors (Lipinski definition) is 7. The maximum Gasteiger partial charge on any atom is 0.235 e. The standard InChI is InChI=1S/C46H28N4.C40H24N4.C40H23N3S/c1-2-14-32(15-3-1)49-39-21-11-9-18-35(39)36-25-22-31(28-42(36)49)45-37-19-8-10-20-38(37)47-46(48-45)50-40-26-23-29-12-4-6-16-33(29)43(40)44-34-17-7-5-13-30(34)24-27-41(44)50;1-3-11-27-24(9-1)18-21-35-37(27)38-28-12-4-2-10-25(28)19-22-36(38)44(35)40-42-33-16-8-6-14-31(33)39(43-40)26-17-20-30-29-13-5-7-15-32(29)41-34(30)23-26;1-3-11-27-24(9-1)17-20-33-37(27)38-28-12-4-2-10-25(28)18-21-34(38)43(33)40-41-32-15-7-5-14-30(32)39(42-40)26-19-22-36-31(23-26)29-13-6-8-16-35(29)44-36/h1-28H;1-23,41H;1-23H. The van der Waals surface area contributed by atoms with Crippen molar-refractivity contribution in [2.75, 3.05) is 0 Å². The van der Waals surface area contributed by atoms with Crippen molar-refractivity contribution in [2.45, 2.75) is 0 Å². The fraction of sp³-hybridized carbons (Fsp3) is 0. The van der Waals surface area contributed by atoms with E-state index in [9.17, 15) is 0 Å². The number of nitrogens with zero attached hydrogens (tertiary/aromatic N) is 10. The lowest BCUT2D eigenvalue weighted by atomic mass is 10.00. The maximum atomic E-state index is 5.48. The maximum absolute atomic E-state index is 5.48. The summed E-state index contributed by atoms with van der Waals surface area (Å²) in [6.07, 6.45) is 0. The summed E-state index contributed by atoms with van der Waals surface area (Å²) in [5.41, 5.74) is 21.0. The summed E-state index contributed by atoms with van der Waals surface area (Å²) in [5.74, 6) is 2.01. The molecule has 138 heavy (non-hydrogen) atoms. The van der Waals surface area contributed by atoms with Gasteiger partial charge in [-0.15, -0.1) is 11.3 Å². The minimum Gasteiger partial charge on any atom is -0.354 e. The predicted molar refractivity (Wildman–Crippen MR) is 580 cm³/mol. The number of fused-ring (bicyclic) bond motifs is 33. The molecule has 0 aliphatic carbocycles. The highest BCUT2D eigenvalue weighted by Crippen LogP contribution is 2.48. The minimum atomic E-state index is 0.660. The lowest BCUT2D eigenvalue weighted by Crippen LogP contribution is -2.03. The fourth-order valence-electron chi connectivity index (χ4n) is 22.3. The molecule has 31 rings (SSSR count). The fourth-order valence-corrected chi connectivity index (χ4v) is 23.4. The summed E-state index contributed by atoms with van der Waals surface area (Å²) in [5, 5.41) is 32.6. The van der Waals surface area contributed by atoms with E-state index in [0.717, 1.165) is 122 Å². The van der Waals surface area contributed by atoms with Crippen LogP contribution in [0, 0.1) is 0 Å². The van der Waals surface area contributed by atoms with Gasteiger partial charge in [0.05, 0.1) is 77.8 Å². The van der Waals surface area contributed by atoms with Gasteiger partial charge in [-0.25, -0.2) is 29.9 Å². The van der Waals surface area contributed by atoms with Crippen molar-refractivity contribution in [1.82, 2.24) is 53.2 Å². The number of aromatic nitrogens is 11. The number of hydrogen-bond donors (Lipinski definition) is 1. The molecule has 12 heteroatoms. The van der Waals surface area contributed by atoms with Crippen LogP contribution in [0.15, 0.2) is 449 Å². The zero-order chi connectivity index (χ0) is 90.3. The van der Waals surface area contributed by atoms with Crippen LogP contribution in [0.3, 0.4) is 0 Å². The van der Waals surface area contributed by atoms with Gasteiger partial charge in [-0.3, -0.25) is 13.7 Å². The predicted octanol–water partition coefficient (Wildman–Crippen LogP) is 33.2. The Labute approximate surface area is 791 Å². The molecule has 0 saturated carbocycles. The number of para-hydroxylation sites is 6.